The van der Waals surface area contributed by atoms with Crippen molar-refractivity contribution in [1.82, 2.24) is 0 Å². The summed E-state index contributed by atoms with van der Waals surface area (Å²) in [7, 11) is 0. The van der Waals surface area contributed by atoms with Gasteiger partial charge in [-0.2, -0.15) is 0 Å². The van der Waals surface area contributed by atoms with Crippen LogP contribution in [0.15, 0.2) is 23.8 Å². The minimum absolute atomic E-state index is 0.0822. The molecule has 0 aromatic heterocycles. The van der Waals surface area contributed by atoms with Crippen LogP contribution in [-0.2, 0) is 4.89 Å². The van der Waals surface area contributed by atoms with Gasteiger partial charge < -0.3 is 0 Å². The Morgan fingerprint density at radius 2 is 1.84 bits per heavy atom. The van der Waals surface area contributed by atoms with Crippen LogP contribution in [0.25, 0.3) is 0 Å². The van der Waals surface area contributed by atoms with Crippen molar-refractivity contribution in [2.45, 2.75) is 105 Å². The number of hydrogen-bond donors (Lipinski definition) is 1. The largest absolute Gasteiger partial charge is 0.251 e. The average Bonchev–Trinajstić information content (AvgIpc) is 3.11. The molecule has 3 heteroatoms. The predicted octanol–water partition coefficient (Wildman–Crippen LogP) is 8.25. The van der Waals surface area contributed by atoms with Gasteiger partial charge in [-0.3, -0.25) is 5.26 Å². The normalized spacial score (nSPS) is 45.8. The first kappa shape index (κ1) is 24.5. The van der Waals surface area contributed by atoms with E-state index in [0.29, 0.717) is 59.7 Å². The van der Waals surface area contributed by atoms with Gasteiger partial charge in [0.15, 0.2) is 0 Å². The molecule has 0 radical (unpaired) electrons. The summed E-state index contributed by atoms with van der Waals surface area (Å²) in [5, 5.41) is 9.92. The highest BCUT2D eigenvalue weighted by molar-refractivity contribution is 5.28. The summed E-state index contributed by atoms with van der Waals surface area (Å²) >= 11 is 0. The van der Waals surface area contributed by atoms with E-state index in [0.717, 1.165) is 6.42 Å². The van der Waals surface area contributed by atoms with Crippen molar-refractivity contribution in [2.75, 3.05) is 0 Å². The van der Waals surface area contributed by atoms with Gasteiger partial charge in [0.25, 0.3) is 0 Å². The van der Waals surface area contributed by atoms with Crippen molar-refractivity contribution in [3.05, 3.63) is 23.8 Å². The third-order valence-corrected chi connectivity index (χ3v) is 10.9. The van der Waals surface area contributed by atoms with E-state index in [1.807, 2.05) is 0 Å². The lowest BCUT2D eigenvalue weighted by molar-refractivity contribution is -0.296. The molecule has 0 heterocycles. The molecule has 1 N–H and O–H groups in total. The van der Waals surface area contributed by atoms with Gasteiger partial charge in [-0.25, -0.2) is 9.28 Å². The lowest BCUT2D eigenvalue weighted by Crippen LogP contribution is -2.55. The molecular weight excluding hydrogens is 399 g/mol. The first-order valence-corrected chi connectivity index (χ1v) is 13.5. The van der Waals surface area contributed by atoms with Crippen molar-refractivity contribution in [2.24, 2.45) is 52.3 Å². The van der Waals surface area contributed by atoms with Gasteiger partial charge in [-0.05, 0) is 97.2 Å². The lowest BCUT2D eigenvalue weighted by atomic mass is 9.46. The van der Waals surface area contributed by atoms with Crippen molar-refractivity contribution in [1.29, 1.82) is 0 Å². The van der Waals surface area contributed by atoms with Crippen molar-refractivity contribution in [3.63, 3.8) is 0 Å². The van der Waals surface area contributed by atoms with Gasteiger partial charge in [0.2, 0.25) is 0 Å². The highest BCUT2D eigenvalue weighted by atomic mass is 19.1. The molecule has 0 aromatic carbocycles. The maximum atomic E-state index is 14.2. The van der Waals surface area contributed by atoms with Crippen LogP contribution in [0.1, 0.15) is 92.9 Å². The zero-order valence-electron chi connectivity index (χ0n) is 21.3. The summed E-state index contributed by atoms with van der Waals surface area (Å²) in [6, 6.07) is 0. The second kappa shape index (κ2) is 9.17. The fourth-order valence-corrected chi connectivity index (χ4v) is 8.87. The molecule has 4 aliphatic rings. The average molecular weight is 447 g/mol. The number of alkyl halides is 1. The van der Waals surface area contributed by atoms with Gasteiger partial charge in [0, 0.05) is 6.42 Å². The smallest absolute Gasteiger partial charge is 0.114 e. The van der Waals surface area contributed by atoms with E-state index < -0.39 is 6.17 Å². The minimum atomic E-state index is -0.736. The highest BCUT2D eigenvalue weighted by Gasteiger charge is 2.61. The molecule has 3 saturated carbocycles. The molecule has 0 aromatic rings. The molecule has 0 bridgehead atoms. The van der Waals surface area contributed by atoms with Gasteiger partial charge in [-0.15, -0.1) is 0 Å². The number of rotatable bonds is 6. The first-order valence-electron chi connectivity index (χ1n) is 13.5. The minimum Gasteiger partial charge on any atom is -0.251 e. The second-order valence-electron chi connectivity index (χ2n) is 12.6. The van der Waals surface area contributed by atoms with E-state index in [4.69, 9.17) is 4.89 Å². The molecule has 32 heavy (non-hydrogen) atoms. The Bertz CT molecular complexity index is 729. The van der Waals surface area contributed by atoms with E-state index >= 15 is 0 Å². The number of halogens is 1. The van der Waals surface area contributed by atoms with Crippen LogP contribution in [0.5, 0.6) is 0 Å². The molecule has 3 fully saturated rings. The monoisotopic (exact) mass is 446 g/mol. The van der Waals surface area contributed by atoms with Crippen LogP contribution in [0.2, 0.25) is 0 Å². The number of allylic oxidation sites excluding steroid dienone is 3. The second-order valence-corrected chi connectivity index (χ2v) is 12.6. The molecule has 182 valence electrons. The van der Waals surface area contributed by atoms with Crippen LogP contribution >= 0.6 is 0 Å². The Kier molecular flexibility index (Phi) is 7.01. The van der Waals surface area contributed by atoms with E-state index in [1.54, 1.807) is 0 Å². The van der Waals surface area contributed by atoms with Crippen LogP contribution in [0.3, 0.4) is 0 Å². The Hall–Kier alpha value is -0.670. The summed E-state index contributed by atoms with van der Waals surface area (Å²) in [5.74, 6) is 4.05. The molecule has 0 unspecified atom stereocenters. The molecule has 0 saturated heterocycles. The molecule has 0 aliphatic heterocycles. The van der Waals surface area contributed by atoms with Gasteiger partial charge in [0.05, 0.1) is 0 Å². The summed E-state index contributed by atoms with van der Waals surface area (Å²) in [6.07, 6.45) is 14.4. The predicted molar refractivity (Wildman–Crippen MR) is 130 cm³/mol. The summed E-state index contributed by atoms with van der Waals surface area (Å²) in [6.45, 7) is 14.3. The molecular formula is C29H47FO2. The Labute approximate surface area is 196 Å². The zero-order chi connectivity index (χ0) is 23.3. The van der Waals surface area contributed by atoms with E-state index in [1.165, 1.54) is 37.7 Å². The maximum Gasteiger partial charge on any atom is 0.114 e. The topological polar surface area (TPSA) is 29.5 Å². The summed E-state index contributed by atoms with van der Waals surface area (Å²) < 4.78 is 14.2. The lowest BCUT2D eigenvalue weighted by Gasteiger charge is -2.59. The van der Waals surface area contributed by atoms with Gasteiger partial charge >= 0.3 is 0 Å². The third-order valence-electron chi connectivity index (χ3n) is 10.9. The van der Waals surface area contributed by atoms with E-state index in [9.17, 15) is 9.65 Å². The van der Waals surface area contributed by atoms with Gasteiger partial charge in [-0.1, -0.05) is 65.3 Å². The van der Waals surface area contributed by atoms with Crippen LogP contribution in [-0.4, -0.2) is 17.5 Å². The number of fused-ring (bicyclic) bond motifs is 5. The quantitative estimate of drug-likeness (QED) is 0.253. The molecule has 10 atom stereocenters. The molecule has 0 spiro atoms. The van der Waals surface area contributed by atoms with Crippen LogP contribution < -0.4 is 0 Å². The molecule has 0 amide bonds. The summed E-state index contributed by atoms with van der Waals surface area (Å²) in [5.41, 5.74) is 1.59. The van der Waals surface area contributed by atoms with Crippen molar-refractivity contribution >= 4 is 0 Å². The Morgan fingerprint density at radius 3 is 2.50 bits per heavy atom. The van der Waals surface area contributed by atoms with Crippen molar-refractivity contribution in [3.8, 4) is 0 Å². The van der Waals surface area contributed by atoms with E-state index in [2.05, 4.69) is 59.8 Å². The fourth-order valence-electron chi connectivity index (χ4n) is 8.87. The molecule has 4 rings (SSSR count). The standard InChI is InChI=1S/C29H47FO2/c1-7-20(18(2)3)9-8-19(4)23-10-11-24-27-25(13-15-29(23,24)6)28(5)14-12-22(30)16-21(28)17-26(27)32-31/h8-9,17-20,22-27,31H,7,10-16H2,1-6H3/b9-8+/t19-,20-,22+,23-,24+,25+,26-,27+,28+,29-/m1/s1. The summed E-state index contributed by atoms with van der Waals surface area (Å²) in [4.78, 5) is 5.15. The van der Waals surface area contributed by atoms with E-state index in [-0.39, 0.29) is 11.5 Å². The number of hydrogen-bond acceptors (Lipinski definition) is 2. The van der Waals surface area contributed by atoms with Crippen molar-refractivity contribution < 1.29 is 14.5 Å². The maximum absolute atomic E-state index is 14.2. The Balaban J connectivity index is 1.59. The third kappa shape index (κ3) is 3.94. The zero-order valence-corrected chi connectivity index (χ0v) is 21.3. The van der Waals surface area contributed by atoms with Crippen LogP contribution in [0, 0.1) is 52.3 Å². The molecule has 2 nitrogen and oxygen atoms in total. The highest BCUT2D eigenvalue weighted by Crippen LogP contribution is 2.67. The van der Waals surface area contributed by atoms with Gasteiger partial charge in [0.1, 0.15) is 12.3 Å². The van der Waals surface area contributed by atoms with Crippen LogP contribution in [0.4, 0.5) is 4.39 Å². The molecule has 4 aliphatic carbocycles. The fraction of sp³-hybridized carbons (Fsp3) is 0.862. The SMILES string of the molecule is CC[C@H](/C=C/[C@@H](C)[C@H]1CC[C@H]2[C@@H]3[C@H](OO)C=C4C[C@@H](F)CC[C@]4(C)[C@H]3CC[C@]12C)C(C)C. The first-order chi connectivity index (χ1) is 15.2. The Morgan fingerprint density at radius 1 is 1.09 bits per heavy atom.